The standard InChI is InChI=1S/C19H18FN3O2/c1-12-10-21-17(13(2)19(12)25-3)11-23-18(24)9-8-16(22-23)14-6-4-5-7-15(14)20/h4-10H,11H2,1-3H3. The van der Waals surface area contributed by atoms with Gasteiger partial charge in [0, 0.05) is 29.0 Å². The third-order valence-corrected chi connectivity index (χ3v) is 4.07. The van der Waals surface area contributed by atoms with E-state index in [9.17, 15) is 9.18 Å². The molecule has 25 heavy (non-hydrogen) atoms. The summed E-state index contributed by atoms with van der Waals surface area (Å²) >= 11 is 0. The van der Waals surface area contributed by atoms with E-state index in [2.05, 4.69) is 10.1 Å². The number of halogens is 1. The molecule has 0 spiro atoms. The smallest absolute Gasteiger partial charge is 0.267 e. The Hall–Kier alpha value is -3.02. The third-order valence-electron chi connectivity index (χ3n) is 4.07. The SMILES string of the molecule is COc1c(C)cnc(Cn2nc(-c3ccccc3F)ccc2=O)c1C. The summed E-state index contributed by atoms with van der Waals surface area (Å²) in [6.45, 7) is 3.98. The summed E-state index contributed by atoms with van der Waals surface area (Å²) in [5, 5.41) is 4.30. The van der Waals surface area contributed by atoms with E-state index in [-0.39, 0.29) is 17.9 Å². The Bertz CT molecular complexity index is 983. The van der Waals surface area contributed by atoms with Crippen molar-refractivity contribution in [3.8, 4) is 17.0 Å². The molecule has 0 aliphatic carbocycles. The largest absolute Gasteiger partial charge is 0.496 e. The Labute approximate surface area is 144 Å². The first-order valence-electron chi connectivity index (χ1n) is 7.83. The molecule has 0 atom stereocenters. The summed E-state index contributed by atoms with van der Waals surface area (Å²) < 4.78 is 20.7. The third kappa shape index (κ3) is 3.28. The average Bonchev–Trinajstić information content (AvgIpc) is 2.60. The van der Waals surface area contributed by atoms with Gasteiger partial charge in [-0.25, -0.2) is 9.07 Å². The van der Waals surface area contributed by atoms with E-state index in [0.29, 0.717) is 17.0 Å². The Kier molecular flexibility index (Phi) is 4.61. The van der Waals surface area contributed by atoms with Crippen molar-refractivity contribution < 1.29 is 9.13 Å². The number of ether oxygens (including phenoxy) is 1. The van der Waals surface area contributed by atoms with Crippen LogP contribution >= 0.6 is 0 Å². The molecule has 0 N–H and O–H groups in total. The molecule has 0 radical (unpaired) electrons. The number of hydrogen-bond donors (Lipinski definition) is 0. The van der Waals surface area contributed by atoms with Crippen molar-refractivity contribution in [2.24, 2.45) is 0 Å². The van der Waals surface area contributed by atoms with E-state index < -0.39 is 0 Å². The van der Waals surface area contributed by atoms with Crippen LogP contribution in [0.2, 0.25) is 0 Å². The highest BCUT2D eigenvalue weighted by Gasteiger charge is 2.13. The van der Waals surface area contributed by atoms with Gasteiger partial charge in [0.05, 0.1) is 25.0 Å². The van der Waals surface area contributed by atoms with Gasteiger partial charge >= 0.3 is 0 Å². The molecular weight excluding hydrogens is 321 g/mol. The van der Waals surface area contributed by atoms with Gasteiger partial charge in [-0.05, 0) is 32.0 Å². The van der Waals surface area contributed by atoms with Gasteiger partial charge in [-0.1, -0.05) is 12.1 Å². The number of aryl methyl sites for hydroxylation is 1. The Balaban J connectivity index is 2.03. The monoisotopic (exact) mass is 339 g/mol. The molecule has 0 bridgehead atoms. The van der Waals surface area contributed by atoms with Crippen molar-refractivity contribution in [2.75, 3.05) is 7.11 Å². The first-order valence-corrected chi connectivity index (χ1v) is 7.83. The molecule has 0 unspecified atom stereocenters. The zero-order chi connectivity index (χ0) is 18.0. The molecule has 1 aromatic carbocycles. The highest BCUT2D eigenvalue weighted by molar-refractivity contribution is 5.58. The van der Waals surface area contributed by atoms with E-state index >= 15 is 0 Å². The fraction of sp³-hybridized carbons (Fsp3) is 0.211. The fourth-order valence-corrected chi connectivity index (χ4v) is 2.75. The second kappa shape index (κ2) is 6.84. The number of rotatable bonds is 4. The molecule has 0 fully saturated rings. The lowest BCUT2D eigenvalue weighted by Crippen LogP contribution is -2.24. The topological polar surface area (TPSA) is 57.0 Å². The Morgan fingerprint density at radius 1 is 1.16 bits per heavy atom. The predicted octanol–water partition coefficient (Wildman–Crippen LogP) is 3.12. The van der Waals surface area contributed by atoms with Crippen LogP contribution in [0.15, 0.2) is 47.4 Å². The van der Waals surface area contributed by atoms with Crippen molar-refractivity contribution in [1.29, 1.82) is 0 Å². The quantitative estimate of drug-likeness (QED) is 0.733. The van der Waals surface area contributed by atoms with Gasteiger partial charge in [0.25, 0.3) is 5.56 Å². The van der Waals surface area contributed by atoms with Crippen molar-refractivity contribution in [1.82, 2.24) is 14.8 Å². The van der Waals surface area contributed by atoms with E-state index in [0.717, 1.165) is 16.9 Å². The van der Waals surface area contributed by atoms with Crippen LogP contribution in [-0.2, 0) is 6.54 Å². The first-order chi connectivity index (χ1) is 12.0. The van der Waals surface area contributed by atoms with E-state index in [1.807, 2.05) is 13.8 Å². The number of aromatic nitrogens is 3. The lowest BCUT2D eigenvalue weighted by Gasteiger charge is -2.13. The van der Waals surface area contributed by atoms with Crippen molar-refractivity contribution in [2.45, 2.75) is 20.4 Å². The van der Waals surface area contributed by atoms with Crippen molar-refractivity contribution in [3.05, 3.63) is 75.6 Å². The highest BCUT2D eigenvalue weighted by Crippen LogP contribution is 2.24. The molecule has 0 aliphatic heterocycles. The van der Waals surface area contributed by atoms with Crippen molar-refractivity contribution in [3.63, 3.8) is 0 Å². The lowest BCUT2D eigenvalue weighted by atomic mass is 10.1. The van der Waals surface area contributed by atoms with Crippen LogP contribution in [0.5, 0.6) is 5.75 Å². The summed E-state index contributed by atoms with van der Waals surface area (Å²) in [5.41, 5.74) is 2.93. The Morgan fingerprint density at radius 3 is 2.64 bits per heavy atom. The van der Waals surface area contributed by atoms with Gasteiger partial charge in [0.1, 0.15) is 11.6 Å². The molecule has 0 saturated heterocycles. The lowest BCUT2D eigenvalue weighted by molar-refractivity contribution is 0.406. The molecule has 2 heterocycles. The van der Waals surface area contributed by atoms with Gasteiger partial charge in [0.15, 0.2) is 0 Å². The molecule has 0 saturated carbocycles. The molecule has 0 aliphatic rings. The van der Waals surface area contributed by atoms with E-state index in [1.54, 1.807) is 31.5 Å². The minimum atomic E-state index is -0.383. The molecule has 128 valence electrons. The molecule has 6 heteroatoms. The second-order valence-corrected chi connectivity index (χ2v) is 5.74. The molecule has 5 nitrogen and oxygen atoms in total. The average molecular weight is 339 g/mol. The molecular formula is C19H18FN3O2. The summed E-state index contributed by atoms with van der Waals surface area (Å²) in [7, 11) is 1.60. The Morgan fingerprint density at radius 2 is 1.92 bits per heavy atom. The first kappa shape index (κ1) is 16.8. The molecule has 0 amide bonds. The summed E-state index contributed by atoms with van der Waals surface area (Å²) in [5.74, 6) is 0.356. The van der Waals surface area contributed by atoms with Crippen LogP contribution in [0.1, 0.15) is 16.8 Å². The summed E-state index contributed by atoms with van der Waals surface area (Å²) in [6.07, 6.45) is 1.70. The van der Waals surface area contributed by atoms with Crippen LogP contribution in [0.4, 0.5) is 4.39 Å². The minimum Gasteiger partial charge on any atom is -0.496 e. The minimum absolute atomic E-state index is 0.184. The zero-order valence-corrected chi connectivity index (χ0v) is 14.3. The summed E-state index contributed by atoms with van der Waals surface area (Å²) in [4.78, 5) is 16.6. The van der Waals surface area contributed by atoms with Gasteiger partial charge in [-0.15, -0.1) is 0 Å². The maximum atomic E-state index is 14.0. The van der Waals surface area contributed by atoms with Crippen LogP contribution in [0.3, 0.4) is 0 Å². The summed E-state index contributed by atoms with van der Waals surface area (Å²) in [6, 6.07) is 9.24. The molecule has 2 aromatic heterocycles. The fourth-order valence-electron chi connectivity index (χ4n) is 2.75. The van der Waals surface area contributed by atoms with Crippen LogP contribution < -0.4 is 10.3 Å². The predicted molar refractivity (Wildman–Crippen MR) is 93.3 cm³/mol. The number of pyridine rings is 1. The van der Waals surface area contributed by atoms with Crippen LogP contribution in [0, 0.1) is 19.7 Å². The van der Waals surface area contributed by atoms with Crippen molar-refractivity contribution >= 4 is 0 Å². The normalized spacial score (nSPS) is 10.7. The van der Waals surface area contributed by atoms with Gasteiger partial charge < -0.3 is 4.74 Å². The van der Waals surface area contributed by atoms with Gasteiger partial charge in [-0.2, -0.15) is 5.10 Å². The number of hydrogen-bond acceptors (Lipinski definition) is 4. The molecule has 3 rings (SSSR count). The van der Waals surface area contributed by atoms with E-state index in [4.69, 9.17) is 4.74 Å². The van der Waals surface area contributed by atoms with E-state index in [1.165, 1.54) is 22.9 Å². The molecule has 3 aromatic rings. The number of methoxy groups -OCH3 is 1. The van der Waals surface area contributed by atoms with Gasteiger partial charge in [0.2, 0.25) is 0 Å². The maximum absolute atomic E-state index is 14.0. The van der Waals surface area contributed by atoms with Gasteiger partial charge in [-0.3, -0.25) is 9.78 Å². The number of nitrogens with zero attached hydrogens (tertiary/aromatic N) is 3. The zero-order valence-electron chi connectivity index (χ0n) is 14.3. The maximum Gasteiger partial charge on any atom is 0.267 e. The van der Waals surface area contributed by atoms with Crippen LogP contribution in [-0.4, -0.2) is 21.9 Å². The second-order valence-electron chi connectivity index (χ2n) is 5.74. The van der Waals surface area contributed by atoms with Crippen LogP contribution in [0.25, 0.3) is 11.3 Å². The number of benzene rings is 1. The highest BCUT2D eigenvalue weighted by atomic mass is 19.1.